The van der Waals surface area contributed by atoms with Crippen LogP contribution in [0.15, 0.2) is 30.7 Å². The van der Waals surface area contributed by atoms with Crippen LogP contribution in [0.3, 0.4) is 0 Å². The van der Waals surface area contributed by atoms with Gasteiger partial charge in [0.2, 0.25) is 0 Å². The number of pyridine rings is 1. The topological polar surface area (TPSA) is 94.9 Å². The molecule has 0 saturated carbocycles. The number of carbonyl (C=O) groups is 1. The number of rotatable bonds is 2. The van der Waals surface area contributed by atoms with Crippen molar-refractivity contribution in [3.63, 3.8) is 0 Å². The number of nitrogen functional groups attached to an aromatic ring is 1. The highest BCUT2D eigenvalue weighted by molar-refractivity contribution is 5.91. The SMILES string of the molecule is Cn1ccnc1C(=O)N1CC[C@@]2(CCn3nc(-c4cnc(N)c(C(F)(F)F)c4)cc32)C1. The van der Waals surface area contributed by atoms with Gasteiger partial charge in [0, 0.05) is 61.9 Å². The van der Waals surface area contributed by atoms with Crippen LogP contribution in [0.25, 0.3) is 11.3 Å². The first-order valence-corrected chi connectivity index (χ1v) is 9.86. The van der Waals surface area contributed by atoms with Gasteiger partial charge in [0.15, 0.2) is 5.82 Å². The van der Waals surface area contributed by atoms with Crippen molar-refractivity contribution in [2.24, 2.45) is 7.05 Å². The lowest BCUT2D eigenvalue weighted by Crippen LogP contribution is -2.34. The van der Waals surface area contributed by atoms with E-state index in [9.17, 15) is 18.0 Å². The van der Waals surface area contributed by atoms with E-state index >= 15 is 0 Å². The standard InChI is InChI=1S/C20H20F3N7O/c1-28-7-4-25-17(28)18(31)29-5-2-19(11-29)3-6-30-15(19)9-14(27-30)12-8-13(20(21,22)23)16(24)26-10-12/h4,7-10H,2-3,5-6,11H2,1H3,(H2,24,26)/t19-/m1/s1. The number of anilines is 1. The van der Waals surface area contributed by atoms with E-state index in [1.165, 1.54) is 6.20 Å². The smallest absolute Gasteiger partial charge is 0.383 e. The number of nitrogens with zero attached hydrogens (tertiary/aromatic N) is 6. The maximum Gasteiger partial charge on any atom is 0.419 e. The maximum absolute atomic E-state index is 13.2. The summed E-state index contributed by atoms with van der Waals surface area (Å²) >= 11 is 0. The molecule has 2 aliphatic rings. The molecule has 0 bridgehead atoms. The van der Waals surface area contributed by atoms with E-state index in [0.717, 1.165) is 24.6 Å². The molecule has 31 heavy (non-hydrogen) atoms. The lowest BCUT2D eigenvalue weighted by Gasteiger charge is -2.23. The van der Waals surface area contributed by atoms with Crippen LogP contribution in [-0.4, -0.2) is 48.2 Å². The molecule has 0 aliphatic carbocycles. The van der Waals surface area contributed by atoms with Crippen LogP contribution in [-0.2, 0) is 25.2 Å². The van der Waals surface area contributed by atoms with Crippen molar-refractivity contribution in [3.8, 4) is 11.3 Å². The van der Waals surface area contributed by atoms with Crippen molar-refractivity contribution in [2.75, 3.05) is 18.8 Å². The first-order valence-electron chi connectivity index (χ1n) is 9.86. The molecule has 5 rings (SSSR count). The summed E-state index contributed by atoms with van der Waals surface area (Å²) < 4.78 is 43.2. The van der Waals surface area contributed by atoms with Crippen molar-refractivity contribution >= 4 is 11.7 Å². The number of amides is 1. The number of hydrogen-bond donors (Lipinski definition) is 1. The summed E-state index contributed by atoms with van der Waals surface area (Å²) in [4.78, 5) is 22.5. The average molecular weight is 431 g/mol. The normalized spacial score (nSPS) is 20.6. The maximum atomic E-state index is 13.2. The number of fused-ring (bicyclic) bond motifs is 2. The van der Waals surface area contributed by atoms with Crippen LogP contribution in [0.4, 0.5) is 19.0 Å². The first kappa shape index (κ1) is 19.6. The van der Waals surface area contributed by atoms with E-state index in [1.807, 2.05) is 10.7 Å². The second kappa shape index (κ2) is 6.56. The van der Waals surface area contributed by atoms with E-state index in [-0.39, 0.29) is 16.9 Å². The fourth-order valence-corrected chi connectivity index (χ4v) is 4.62. The molecule has 1 spiro atoms. The third kappa shape index (κ3) is 3.06. The number of likely N-dealkylation sites (tertiary alicyclic amines) is 1. The van der Waals surface area contributed by atoms with Crippen LogP contribution < -0.4 is 5.73 Å². The van der Waals surface area contributed by atoms with Crippen molar-refractivity contribution in [1.29, 1.82) is 0 Å². The Labute approximate surface area is 175 Å². The zero-order valence-electron chi connectivity index (χ0n) is 16.7. The molecule has 0 unspecified atom stereocenters. The molecule has 11 heteroatoms. The van der Waals surface area contributed by atoms with Gasteiger partial charge in [-0.15, -0.1) is 0 Å². The van der Waals surface area contributed by atoms with E-state index < -0.39 is 17.6 Å². The molecule has 1 atom stereocenters. The van der Waals surface area contributed by atoms with E-state index in [1.54, 1.807) is 28.9 Å². The third-order valence-electron chi connectivity index (χ3n) is 6.30. The zero-order valence-corrected chi connectivity index (χ0v) is 16.7. The molecule has 8 nitrogen and oxygen atoms in total. The minimum Gasteiger partial charge on any atom is -0.383 e. The molecule has 3 aromatic rings. The Balaban J connectivity index is 1.44. The van der Waals surface area contributed by atoms with Crippen molar-refractivity contribution < 1.29 is 18.0 Å². The van der Waals surface area contributed by atoms with Crippen LogP contribution in [0.1, 0.15) is 34.7 Å². The third-order valence-corrected chi connectivity index (χ3v) is 6.30. The number of alkyl halides is 3. The number of hydrogen-bond acceptors (Lipinski definition) is 5. The zero-order chi connectivity index (χ0) is 22.0. The lowest BCUT2D eigenvalue weighted by molar-refractivity contribution is -0.137. The van der Waals surface area contributed by atoms with E-state index in [4.69, 9.17) is 5.73 Å². The van der Waals surface area contributed by atoms with Gasteiger partial charge in [-0.25, -0.2) is 9.97 Å². The summed E-state index contributed by atoms with van der Waals surface area (Å²) in [5.74, 6) is -0.296. The van der Waals surface area contributed by atoms with Gasteiger partial charge in [-0.2, -0.15) is 18.3 Å². The fraction of sp³-hybridized carbons (Fsp3) is 0.400. The van der Waals surface area contributed by atoms with Crippen molar-refractivity contribution in [1.82, 2.24) is 29.2 Å². The second-order valence-corrected chi connectivity index (χ2v) is 8.16. The summed E-state index contributed by atoms with van der Waals surface area (Å²) in [5.41, 5.74) is 5.79. The summed E-state index contributed by atoms with van der Waals surface area (Å²) in [7, 11) is 1.78. The van der Waals surface area contributed by atoms with Crippen molar-refractivity contribution in [3.05, 3.63) is 47.8 Å². The number of imidazole rings is 1. The van der Waals surface area contributed by atoms with Gasteiger partial charge >= 0.3 is 6.18 Å². The number of aryl methyl sites for hydroxylation is 2. The predicted octanol–water partition coefficient (Wildman–Crippen LogP) is 2.47. The second-order valence-electron chi connectivity index (χ2n) is 8.16. The van der Waals surface area contributed by atoms with E-state index in [2.05, 4.69) is 15.1 Å². The monoisotopic (exact) mass is 431 g/mol. The number of carbonyl (C=O) groups excluding carboxylic acids is 1. The number of nitrogens with two attached hydrogens (primary N) is 1. The molecular formula is C20H20F3N7O. The Morgan fingerprint density at radius 3 is 2.68 bits per heavy atom. The largest absolute Gasteiger partial charge is 0.419 e. The van der Waals surface area contributed by atoms with Gasteiger partial charge < -0.3 is 15.2 Å². The molecule has 162 valence electrons. The molecule has 1 amide bonds. The van der Waals surface area contributed by atoms with Crippen LogP contribution >= 0.6 is 0 Å². The highest BCUT2D eigenvalue weighted by Crippen LogP contribution is 2.44. The molecule has 2 aliphatic heterocycles. The predicted molar refractivity (Wildman–Crippen MR) is 105 cm³/mol. The number of aromatic nitrogens is 5. The van der Waals surface area contributed by atoms with Gasteiger partial charge in [-0.05, 0) is 25.0 Å². The molecule has 5 heterocycles. The highest BCUT2D eigenvalue weighted by Gasteiger charge is 2.47. The molecule has 1 fully saturated rings. The highest BCUT2D eigenvalue weighted by atomic mass is 19.4. The fourth-order valence-electron chi connectivity index (χ4n) is 4.62. The van der Waals surface area contributed by atoms with Crippen LogP contribution in [0, 0.1) is 0 Å². The van der Waals surface area contributed by atoms with E-state index in [0.29, 0.717) is 31.2 Å². The Hall–Kier alpha value is -3.37. The van der Waals surface area contributed by atoms with Crippen LogP contribution in [0.5, 0.6) is 0 Å². The Bertz CT molecular complexity index is 1180. The van der Waals surface area contributed by atoms with Crippen molar-refractivity contribution in [2.45, 2.75) is 31.0 Å². The molecule has 0 aromatic carbocycles. The van der Waals surface area contributed by atoms with Gasteiger partial charge in [-0.3, -0.25) is 9.48 Å². The molecule has 1 saturated heterocycles. The summed E-state index contributed by atoms with van der Waals surface area (Å²) in [6.45, 7) is 1.76. The minimum atomic E-state index is -4.59. The molecule has 2 N–H and O–H groups in total. The Kier molecular flexibility index (Phi) is 4.15. The van der Waals surface area contributed by atoms with Gasteiger partial charge in [-0.1, -0.05) is 0 Å². The first-order chi connectivity index (χ1) is 14.7. The minimum absolute atomic E-state index is 0.125. The van der Waals surface area contributed by atoms with Crippen LogP contribution in [0.2, 0.25) is 0 Å². The van der Waals surface area contributed by atoms with Gasteiger partial charge in [0.1, 0.15) is 5.82 Å². The van der Waals surface area contributed by atoms with Gasteiger partial charge in [0.05, 0.1) is 11.3 Å². The summed E-state index contributed by atoms with van der Waals surface area (Å²) in [5, 5.41) is 4.52. The molecule has 3 aromatic heterocycles. The Morgan fingerprint density at radius 2 is 1.97 bits per heavy atom. The number of halogens is 3. The average Bonchev–Trinajstić information content (AvgIpc) is 3.47. The Morgan fingerprint density at radius 1 is 1.19 bits per heavy atom. The van der Waals surface area contributed by atoms with Gasteiger partial charge in [0.25, 0.3) is 5.91 Å². The summed E-state index contributed by atoms with van der Waals surface area (Å²) in [6.07, 6.45) is 1.63. The molecule has 0 radical (unpaired) electrons. The molecular weight excluding hydrogens is 411 g/mol. The quantitative estimate of drug-likeness (QED) is 0.673. The summed E-state index contributed by atoms with van der Waals surface area (Å²) in [6, 6.07) is 2.80. The lowest BCUT2D eigenvalue weighted by atomic mass is 9.82.